The highest BCUT2D eigenvalue weighted by Crippen LogP contribution is 2.34. The van der Waals surface area contributed by atoms with E-state index >= 15 is 0 Å². The number of halogens is 1. The highest BCUT2D eigenvalue weighted by molar-refractivity contribution is 6.07. The van der Waals surface area contributed by atoms with Crippen molar-refractivity contribution in [1.82, 2.24) is 20.1 Å². The topological polar surface area (TPSA) is 90.2 Å². The van der Waals surface area contributed by atoms with Gasteiger partial charge < -0.3 is 15.2 Å². The predicted octanol–water partition coefficient (Wildman–Crippen LogP) is 1.97. The number of rotatable bonds is 6. The molecule has 1 aromatic heterocycles. The maximum atomic E-state index is 12.5. The summed E-state index contributed by atoms with van der Waals surface area (Å²) in [5.41, 5.74) is 2.20. The third-order valence-corrected chi connectivity index (χ3v) is 5.51. The van der Waals surface area contributed by atoms with Gasteiger partial charge in [-0.05, 0) is 44.4 Å². The first-order chi connectivity index (χ1) is 12.0. The van der Waals surface area contributed by atoms with E-state index in [9.17, 15) is 9.59 Å². The Bertz CT molecular complexity index is 731. The Labute approximate surface area is 160 Å². The molecule has 1 aliphatic carbocycles. The largest absolute Gasteiger partial charge is 0.340 e. The second-order valence-corrected chi connectivity index (χ2v) is 7.02. The fourth-order valence-corrected chi connectivity index (χ4v) is 3.83. The lowest BCUT2D eigenvalue weighted by Crippen LogP contribution is -2.44. The molecule has 0 unspecified atom stereocenters. The molecular formula is C18H26ClN5O2. The van der Waals surface area contributed by atoms with Crippen molar-refractivity contribution in [3.63, 3.8) is 0 Å². The molecule has 2 heterocycles. The van der Waals surface area contributed by atoms with Crippen LogP contribution in [0.5, 0.6) is 0 Å². The van der Waals surface area contributed by atoms with E-state index in [0.717, 1.165) is 36.9 Å². The minimum Gasteiger partial charge on any atom is -0.340 e. The standard InChI is InChI=1S/C18H25N5O2.ClH/c1-13-14(10-15(11-19)22(13)2)12-20-8-5-9-23-16(24)18(21-17(23)25)6-3-4-7-18;/h10,20H,3-9,12H2,1-2H3,(H,21,25);1H. The average Bonchev–Trinajstić information content (AvgIpc) is 3.23. The van der Waals surface area contributed by atoms with Crippen LogP contribution in [-0.2, 0) is 18.4 Å². The SMILES string of the molecule is Cc1c(CNCCCN2C(=O)NC3(CCCC3)C2=O)cc(C#N)n1C.Cl. The number of nitrogens with zero attached hydrogens (tertiary/aromatic N) is 3. The number of carbonyl (C=O) groups is 2. The molecule has 1 aliphatic heterocycles. The molecule has 142 valence electrons. The summed E-state index contributed by atoms with van der Waals surface area (Å²) in [6.45, 7) is 3.81. The quantitative estimate of drug-likeness (QED) is 0.584. The van der Waals surface area contributed by atoms with Gasteiger partial charge in [0, 0.05) is 25.8 Å². The number of carbonyl (C=O) groups excluding carboxylic acids is 2. The molecule has 1 aromatic rings. The number of hydrogen-bond donors (Lipinski definition) is 2. The Morgan fingerprint density at radius 1 is 1.35 bits per heavy atom. The number of imide groups is 1. The van der Waals surface area contributed by atoms with Crippen molar-refractivity contribution in [3.8, 4) is 6.07 Å². The van der Waals surface area contributed by atoms with Gasteiger partial charge in [0.2, 0.25) is 0 Å². The van der Waals surface area contributed by atoms with Crippen LogP contribution in [0, 0.1) is 18.3 Å². The molecule has 26 heavy (non-hydrogen) atoms. The highest BCUT2D eigenvalue weighted by Gasteiger charge is 2.51. The number of nitriles is 1. The van der Waals surface area contributed by atoms with E-state index in [2.05, 4.69) is 16.7 Å². The van der Waals surface area contributed by atoms with E-state index in [1.165, 1.54) is 4.90 Å². The Hall–Kier alpha value is -2.04. The summed E-state index contributed by atoms with van der Waals surface area (Å²) in [5.74, 6) is -0.0486. The number of hydrogen-bond acceptors (Lipinski definition) is 4. The van der Waals surface area contributed by atoms with Gasteiger partial charge in [-0.1, -0.05) is 12.8 Å². The number of nitrogens with one attached hydrogen (secondary N) is 2. The zero-order valence-electron chi connectivity index (χ0n) is 15.3. The Kier molecular flexibility index (Phi) is 6.32. The summed E-state index contributed by atoms with van der Waals surface area (Å²) >= 11 is 0. The lowest BCUT2D eigenvalue weighted by atomic mass is 9.98. The maximum absolute atomic E-state index is 12.5. The van der Waals surface area contributed by atoms with Crippen molar-refractivity contribution in [2.75, 3.05) is 13.1 Å². The first-order valence-electron chi connectivity index (χ1n) is 8.88. The first kappa shape index (κ1) is 20.3. The maximum Gasteiger partial charge on any atom is 0.325 e. The van der Waals surface area contributed by atoms with Crippen LogP contribution in [0.3, 0.4) is 0 Å². The van der Waals surface area contributed by atoms with E-state index in [4.69, 9.17) is 5.26 Å². The third kappa shape index (κ3) is 3.57. The number of amides is 3. The Morgan fingerprint density at radius 3 is 2.65 bits per heavy atom. The van der Waals surface area contributed by atoms with E-state index in [0.29, 0.717) is 31.7 Å². The molecule has 0 radical (unpaired) electrons. The molecule has 0 aromatic carbocycles. The zero-order valence-corrected chi connectivity index (χ0v) is 16.1. The van der Waals surface area contributed by atoms with Crippen molar-refractivity contribution < 1.29 is 9.59 Å². The molecule has 3 amide bonds. The van der Waals surface area contributed by atoms with Crippen LogP contribution in [0.2, 0.25) is 0 Å². The van der Waals surface area contributed by atoms with Crippen molar-refractivity contribution >= 4 is 24.3 Å². The molecule has 1 saturated carbocycles. The molecule has 8 heteroatoms. The molecular weight excluding hydrogens is 354 g/mol. The van der Waals surface area contributed by atoms with E-state index in [1.54, 1.807) is 0 Å². The normalized spacial score (nSPS) is 18.1. The van der Waals surface area contributed by atoms with Crippen LogP contribution in [-0.4, -0.2) is 40.0 Å². The smallest absolute Gasteiger partial charge is 0.325 e. The van der Waals surface area contributed by atoms with Crippen LogP contribution in [0.15, 0.2) is 6.07 Å². The van der Waals surface area contributed by atoms with E-state index in [1.807, 2.05) is 24.6 Å². The van der Waals surface area contributed by atoms with Crippen LogP contribution in [0.1, 0.15) is 49.1 Å². The Balaban J connectivity index is 0.00000243. The molecule has 1 saturated heterocycles. The molecule has 3 rings (SSSR count). The fraction of sp³-hybridized carbons (Fsp3) is 0.611. The number of urea groups is 1. The van der Waals surface area contributed by atoms with Gasteiger partial charge >= 0.3 is 6.03 Å². The summed E-state index contributed by atoms with van der Waals surface area (Å²) in [7, 11) is 1.88. The van der Waals surface area contributed by atoms with Crippen molar-refractivity contribution in [2.24, 2.45) is 7.05 Å². The molecule has 1 spiro atoms. The van der Waals surface area contributed by atoms with Gasteiger partial charge in [0.1, 0.15) is 17.3 Å². The van der Waals surface area contributed by atoms with Gasteiger partial charge in [0.15, 0.2) is 0 Å². The van der Waals surface area contributed by atoms with Crippen LogP contribution in [0.25, 0.3) is 0 Å². The van der Waals surface area contributed by atoms with Gasteiger partial charge in [-0.15, -0.1) is 12.4 Å². The van der Waals surface area contributed by atoms with E-state index < -0.39 is 5.54 Å². The molecule has 2 fully saturated rings. The zero-order chi connectivity index (χ0) is 18.0. The van der Waals surface area contributed by atoms with Gasteiger partial charge in [-0.3, -0.25) is 9.69 Å². The summed E-state index contributed by atoms with van der Waals surface area (Å²) < 4.78 is 1.88. The lowest BCUT2D eigenvalue weighted by molar-refractivity contribution is -0.131. The summed E-state index contributed by atoms with van der Waals surface area (Å²) in [6.07, 6.45) is 4.25. The molecule has 7 nitrogen and oxygen atoms in total. The van der Waals surface area contributed by atoms with Crippen LogP contribution < -0.4 is 10.6 Å². The van der Waals surface area contributed by atoms with Gasteiger partial charge in [-0.2, -0.15) is 5.26 Å². The monoisotopic (exact) mass is 379 g/mol. The minimum atomic E-state index is -0.612. The van der Waals surface area contributed by atoms with Gasteiger partial charge in [0.25, 0.3) is 5.91 Å². The van der Waals surface area contributed by atoms with Gasteiger partial charge in [-0.25, -0.2) is 4.79 Å². The number of aromatic nitrogens is 1. The molecule has 0 bridgehead atoms. The van der Waals surface area contributed by atoms with E-state index in [-0.39, 0.29) is 24.3 Å². The first-order valence-corrected chi connectivity index (χ1v) is 8.88. The van der Waals surface area contributed by atoms with Crippen molar-refractivity contribution in [3.05, 3.63) is 23.0 Å². The predicted molar refractivity (Wildman–Crippen MR) is 99.9 cm³/mol. The van der Waals surface area contributed by atoms with Gasteiger partial charge in [0.05, 0.1) is 0 Å². The summed E-state index contributed by atoms with van der Waals surface area (Å²) in [5, 5.41) is 15.3. The molecule has 2 N–H and O–H groups in total. The Morgan fingerprint density at radius 2 is 2.04 bits per heavy atom. The highest BCUT2D eigenvalue weighted by atomic mass is 35.5. The summed E-state index contributed by atoms with van der Waals surface area (Å²) in [6, 6.07) is 3.82. The van der Waals surface area contributed by atoms with Crippen molar-refractivity contribution in [2.45, 2.75) is 51.1 Å². The van der Waals surface area contributed by atoms with Crippen LogP contribution in [0.4, 0.5) is 4.79 Å². The summed E-state index contributed by atoms with van der Waals surface area (Å²) in [4.78, 5) is 26.0. The second-order valence-electron chi connectivity index (χ2n) is 7.02. The molecule has 2 aliphatic rings. The van der Waals surface area contributed by atoms with Crippen molar-refractivity contribution in [1.29, 1.82) is 5.26 Å². The lowest BCUT2D eigenvalue weighted by Gasteiger charge is -2.20. The fourth-order valence-electron chi connectivity index (χ4n) is 3.83. The third-order valence-electron chi connectivity index (χ3n) is 5.51. The molecule has 0 atom stereocenters. The minimum absolute atomic E-state index is 0. The van der Waals surface area contributed by atoms with Crippen LogP contribution >= 0.6 is 12.4 Å². The second kappa shape index (κ2) is 8.11. The average molecular weight is 380 g/mol.